The van der Waals surface area contributed by atoms with Crippen LogP contribution in [0.3, 0.4) is 0 Å². The molecule has 0 bridgehead atoms. The zero-order valence-electron chi connectivity index (χ0n) is 18.1. The molecule has 2 fully saturated rings. The first-order valence-electron chi connectivity index (χ1n) is 11.0. The lowest BCUT2D eigenvalue weighted by Crippen LogP contribution is -2.46. The molecule has 0 aromatic heterocycles. The van der Waals surface area contributed by atoms with Crippen LogP contribution in [0.15, 0.2) is 77.9 Å². The van der Waals surface area contributed by atoms with Crippen molar-refractivity contribution >= 4 is 58.5 Å². The Labute approximate surface area is 210 Å². The lowest BCUT2D eigenvalue weighted by atomic mass is 9.85. The molecule has 1 N–H and O–H groups in total. The van der Waals surface area contributed by atoms with Gasteiger partial charge in [-0.1, -0.05) is 65.7 Å². The maximum absolute atomic E-state index is 13.8. The minimum absolute atomic E-state index is 0.285. The van der Waals surface area contributed by atoms with E-state index in [2.05, 4.69) is 10.4 Å². The fraction of sp³-hybridized carbons (Fsp3) is 0.154. The Kier molecular flexibility index (Phi) is 5.12. The molecule has 3 aromatic carbocycles. The predicted molar refractivity (Wildman–Crippen MR) is 133 cm³/mol. The molecule has 3 aromatic rings. The summed E-state index contributed by atoms with van der Waals surface area (Å²) >= 11 is 12.3. The highest BCUT2D eigenvalue weighted by Gasteiger charge is 2.65. The Morgan fingerprint density at radius 2 is 1.51 bits per heavy atom. The Bertz CT molecular complexity index is 1390. The summed E-state index contributed by atoms with van der Waals surface area (Å²) in [5.74, 6) is -3.02. The number of para-hydroxylation sites is 1. The molecule has 3 heterocycles. The molecule has 0 aliphatic carbocycles. The number of anilines is 2. The van der Waals surface area contributed by atoms with Crippen LogP contribution < -0.4 is 10.2 Å². The van der Waals surface area contributed by atoms with Crippen molar-refractivity contribution in [1.29, 1.82) is 0 Å². The van der Waals surface area contributed by atoms with Crippen molar-refractivity contribution in [3.63, 3.8) is 0 Å². The zero-order chi connectivity index (χ0) is 24.3. The van der Waals surface area contributed by atoms with Crippen LogP contribution in [0, 0.1) is 11.8 Å². The minimum Gasteiger partial charge on any atom is -0.324 e. The number of halogens is 2. The van der Waals surface area contributed by atoms with Crippen LogP contribution >= 0.6 is 23.2 Å². The summed E-state index contributed by atoms with van der Waals surface area (Å²) in [4.78, 5) is 42.3. The topological polar surface area (TPSA) is 82.1 Å². The first-order valence-corrected chi connectivity index (χ1v) is 11.8. The summed E-state index contributed by atoms with van der Waals surface area (Å²) in [6.45, 7) is 0. The lowest BCUT2D eigenvalue weighted by molar-refractivity contribution is -0.129. The second kappa shape index (κ2) is 8.22. The number of amides is 3. The van der Waals surface area contributed by atoms with Crippen LogP contribution in [-0.4, -0.2) is 35.0 Å². The number of hydrogen-bond donors (Lipinski definition) is 1. The van der Waals surface area contributed by atoms with Gasteiger partial charge in [-0.2, -0.15) is 5.10 Å². The normalized spacial score (nSPS) is 24.3. The molecule has 0 saturated carbocycles. The van der Waals surface area contributed by atoms with Gasteiger partial charge >= 0.3 is 0 Å². The summed E-state index contributed by atoms with van der Waals surface area (Å²) in [6.07, 6.45) is 1.67. The van der Waals surface area contributed by atoms with Gasteiger partial charge in [-0.15, -0.1) is 0 Å². The van der Waals surface area contributed by atoms with Crippen molar-refractivity contribution in [2.45, 2.75) is 12.1 Å². The number of nitrogens with zero attached hydrogens (tertiary/aromatic N) is 3. The number of benzene rings is 3. The van der Waals surface area contributed by atoms with E-state index in [1.807, 2.05) is 30.3 Å². The van der Waals surface area contributed by atoms with Gasteiger partial charge in [0.2, 0.25) is 17.7 Å². The zero-order valence-corrected chi connectivity index (χ0v) is 19.6. The van der Waals surface area contributed by atoms with E-state index in [1.54, 1.807) is 35.5 Å². The highest BCUT2D eigenvalue weighted by atomic mass is 35.5. The van der Waals surface area contributed by atoms with Gasteiger partial charge in [0.25, 0.3) is 0 Å². The first kappa shape index (κ1) is 21.8. The highest BCUT2D eigenvalue weighted by Crippen LogP contribution is 2.52. The third-order valence-electron chi connectivity index (χ3n) is 6.71. The molecule has 0 unspecified atom stereocenters. The molecular formula is C26H18Cl2N4O3. The van der Waals surface area contributed by atoms with Crippen molar-refractivity contribution in [3.05, 3.63) is 94.0 Å². The predicted octanol–water partition coefficient (Wildman–Crippen LogP) is 4.51. The Hall–Kier alpha value is -3.68. The number of carbonyl (C=O) groups is 3. The number of nitrogens with one attached hydrogen (secondary N) is 1. The van der Waals surface area contributed by atoms with Crippen LogP contribution in [0.25, 0.3) is 0 Å². The molecular weight excluding hydrogens is 487 g/mol. The fourth-order valence-electron chi connectivity index (χ4n) is 5.33. The van der Waals surface area contributed by atoms with Crippen molar-refractivity contribution in [3.8, 4) is 0 Å². The third kappa shape index (κ3) is 3.42. The molecule has 2 saturated heterocycles. The van der Waals surface area contributed by atoms with Gasteiger partial charge in [0.15, 0.2) is 0 Å². The van der Waals surface area contributed by atoms with Crippen molar-refractivity contribution in [2.24, 2.45) is 16.9 Å². The van der Waals surface area contributed by atoms with Gasteiger partial charge in [0, 0.05) is 15.7 Å². The number of hydrogen-bond acceptors (Lipinski definition) is 5. The van der Waals surface area contributed by atoms with Gasteiger partial charge in [-0.25, -0.2) is 4.90 Å². The molecule has 0 spiro atoms. The monoisotopic (exact) mass is 504 g/mol. The molecule has 6 rings (SSSR count). The number of fused-ring (bicyclic) bond motifs is 5. The van der Waals surface area contributed by atoms with Gasteiger partial charge in [0.05, 0.1) is 29.8 Å². The second-order valence-corrected chi connectivity index (χ2v) is 9.56. The molecule has 9 heteroatoms. The van der Waals surface area contributed by atoms with Crippen LogP contribution in [-0.2, 0) is 14.4 Å². The third-order valence-corrected chi connectivity index (χ3v) is 7.15. The van der Waals surface area contributed by atoms with E-state index in [0.717, 1.165) is 16.0 Å². The van der Waals surface area contributed by atoms with E-state index in [1.165, 1.54) is 18.2 Å². The van der Waals surface area contributed by atoms with Gasteiger partial charge < -0.3 is 5.32 Å². The van der Waals surface area contributed by atoms with Crippen LogP contribution in [0.5, 0.6) is 0 Å². The van der Waals surface area contributed by atoms with Crippen molar-refractivity contribution in [2.75, 3.05) is 10.2 Å². The molecule has 3 aliphatic rings. The van der Waals surface area contributed by atoms with Gasteiger partial charge in [0.1, 0.15) is 6.04 Å². The van der Waals surface area contributed by atoms with Crippen LogP contribution in [0.4, 0.5) is 11.4 Å². The van der Waals surface area contributed by atoms with Crippen molar-refractivity contribution in [1.82, 2.24) is 5.01 Å². The minimum atomic E-state index is -0.981. The Morgan fingerprint density at radius 3 is 2.26 bits per heavy atom. The molecule has 3 aliphatic heterocycles. The van der Waals surface area contributed by atoms with Gasteiger partial charge in [-0.05, 0) is 41.5 Å². The summed E-state index contributed by atoms with van der Waals surface area (Å²) in [5, 5.41) is 9.63. The van der Waals surface area contributed by atoms with Crippen LogP contribution in [0.2, 0.25) is 10.0 Å². The van der Waals surface area contributed by atoms with E-state index < -0.39 is 41.6 Å². The van der Waals surface area contributed by atoms with E-state index >= 15 is 0 Å². The van der Waals surface area contributed by atoms with Crippen LogP contribution in [0.1, 0.15) is 17.2 Å². The smallest absolute Gasteiger partial charge is 0.249 e. The van der Waals surface area contributed by atoms with E-state index in [9.17, 15) is 14.4 Å². The quantitative estimate of drug-likeness (QED) is 0.532. The molecule has 3 amide bonds. The number of hydrazone groups is 1. The molecule has 174 valence electrons. The van der Waals surface area contributed by atoms with E-state index in [-0.39, 0.29) is 5.69 Å². The molecule has 4 atom stereocenters. The SMILES string of the molecule is O=C(Nc1ccccc1)[C@@H]1[C@@H]2C(=O)N(c3cc(Cl)cc(Cl)c3)C(=O)[C@@H]2[C@@H]2c3ccccc3C=NN12. The standard InChI is InChI=1S/C26H18Cl2N4O3/c27-15-10-16(28)12-18(11-15)31-25(34)20-21(26(31)35)23(24(33)30-17-7-2-1-3-8-17)32-22(20)19-9-5-4-6-14(19)13-29-32/h1-13,20-23H,(H,30,33)/t20-,21+,22-,23-/m0/s1. The number of imide groups is 1. The average Bonchev–Trinajstić information content (AvgIpc) is 3.31. The van der Waals surface area contributed by atoms with Crippen molar-refractivity contribution < 1.29 is 14.4 Å². The number of rotatable bonds is 3. The Balaban J connectivity index is 1.46. The number of carbonyl (C=O) groups excluding carboxylic acids is 3. The lowest BCUT2D eigenvalue weighted by Gasteiger charge is -2.33. The summed E-state index contributed by atoms with van der Waals surface area (Å²) in [5.41, 5.74) is 2.57. The summed E-state index contributed by atoms with van der Waals surface area (Å²) in [7, 11) is 0. The van der Waals surface area contributed by atoms with E-state index in [0.29, 0.717) is 15.7 Å². The second-order valence-electron chi connectivity index (χ2n) is 8.69. The summed E-state index contributed by atoms with van der Waals surface area (Å²) < 4.78 is 0. The molecule has 7 nitrogen and oxygen atoms in total. The Morgan fingerprint density at radius 1 is 0.857 bits per heavy atom. The van der Waals surface area contributed by atoms with E-state index in [4.69, 9.17) is 23.2 Å². The highest BCUT2D eigenvalue weighted by molar-refractivity contribution is 6.36. The fourth-order valence-corrected chi connectivity index (χ4v) is 5.84. The maximum Gasteiger partial charge on any atom is 0.249 e. The largest absolute Gasteiger partial charge is 0.324 e. The molecule has 0 radical (unpaired) electrons. The first-order chi connectivity index (χ1) is 16.9. The maximum atomic E-state index is 13.8. The molecule has 35 heavy (non-hydrogen) atoms. The van der Waals surface area contributed by atoms with Gasteiger partial charge in [-0.3, -0.25) is 19.4 Å². The average molecular weight is 505 g/mol. The summed E-state index contributed by atoms with van der Waals surface area (Å²) in [6, 6.07) is 19.6.